The van der Waals surface area contributed by atoms with Gasteiger partial charge in [-0.3, -0.25) is 9.10 Å². The van der Waals surface area contributed by atoms with Gasteiger partial charge < -0.3 is 5.73 Å². The number of sulfonamides is 1. The second-order valence-corrected chi connectivity index (χ2v) is 9.27. The van der Waals surface area contributed by atoms with Crippen LogP contribution in [0.25, 0.3) is 0 Å². The van der Waals surface area contributed by atoms with E-state index in [4.69, 9.17) is 5.73 Å². The van der Waals surface area contributed by atoms with E-state index in [-0.39, 0.29) is 4.90 Å². The van der Waals surface area contributed by atoms with Gasteiger partial charge in [-0.1, -0.05) is 49.6 Å². The van der Waals surface area contributed by atoms with Gasteiger partial charge >= 0.3 is 0 Å². The molecule has 6 heteroatoms. The van der Waals surface area contributed by atoms with Gasteiger partial charge in [-0.15, -0.1) is 0 Å². The lowest BCUT2D eigenvalue weighted by Gasteiger charge is -2.26. The fourth-order valence-corrected chi connectivity index (χ4v) is 5.99. The minimum atomic E-state index is -3.86. The van der Waals surface area contributed by atoms with E-state index >= 15 is 0 Å². The molecule has 0 bridgehead atoms. The quantitative estimate of drug-likeness (QED) is 0.878. The van der Waals surface area contributed by atoms with Gasteiger partial charge in [-0.25, -0.2) is 8.42 Å². The summed E-state index contributed by atoms with van der Waals surface area (Å²) in [5, 5.41) is 0. The summed E-state index contributed by atoms with van der Waals surface area (Å²) in [6, 6.07) is 13.5. The molecular formula is C21H24N2O3S. The fourth-order valence-electron chi connectivity index (χ4n) is 4.33. The first-order valence-corrected chi connectivity index (χ1v) is 10.9. The van der Waals surface area contributed by atoms with Gasteiger partial charge in [0.25, 0.3) is 10.0 Å². The number of para-hydroxylation sites is 1. The van der Waals surface area contributed by atoms with Crippen molar-refractivity contribution in [2.75, 3.05) is 4.31 Å². The number of hydrogen-bond acceptors (Lipinski definition) is 3. The van der Waals surface area contributed by atoms with Crippen LogP contribution in [0.3, 0.4) is 0 Å². The van der Waals surface area contributed by atoms with Crippen molar-refractivity contribution in [1.82, 2.24) is 0 Å². The molecule has 0 radical (unpaired) electrons. The molecule has 0 unspecified atom stereocenters. The smallest absolute Gasteiger partial charge is 0.265 e. The molecule has 5 nitrogen and oxygen atoms in total. The van der Waals surface area contributed by atoms with Crippen molar-refractivity contribution in [3.63, 3.8) is 0 Å². The molecule has 2 aromatic rings. The van der Waals surface area contributed by atoms with Crippen LogP contribution in [0.2, 0.25) is 0 Å². The number of nitrogens with two attached hydrogens (primary N) is 1. The summed E-state index contributed by atoms with van der Waals surface area (Å²) in [6.07, 6.45) is 6.38. The number of hydrogen-bond donors (Lipinski definition) is 1. The van der Waals surface area contributed by atoms with Gasteiger partial charge in [0.2, 0.25) is 5.91 Å². The van der Waals surface area contributed by atoms with Gasteiger partial charge in [-0.05, 0) is 48.1 Å². The molecule has 0 aromatic heterocycles. The van der Waals surface area contributed by atoms with Crippen LogP contribution in [-0.4, -0.2) is 20.4 Å². The molecule has 2 aliphatic rings. The van der Waals surface area contributed by atoms with Gasteiger partial charge in [0, 0.05) is 6.42 Å². The first kappa shape index (κ1) is 18.0. The summed E-state index contributed by atoms with van der Waals surface area (Å²) in [5.41, 5.74) is 8.08. The molecule has 1 saturated carbocycles. The highest BCUT2D eigenvalue weighted by Gasteiger charge is 2.41. The van der Waals surface area contributed by atoms with Crippen LogP contribution in [0, 0.1) is 0 Å². The van der Waals surface area contributed by atoms with E-state index in [1.165, 1.54) is 29.1 Å². The van der Waals surface area contributed by atoms with Crippen molar-refractivity contribution in [1.29, 1.82) is 0 Å². The third-order valence-corrected chi connectivity index (χ3v) is 7.60. The summed E-state index contributed by atoms with van der Waals surface area (Å²) in [5.74, 6) is -0.116. The maximum Gasteiger partial charge on any atom is 0.265 e. The zero-order valence-electron chi connectivity index (χ0n) is 15.2. The molecular weight excluding hydrogens is 360 g/mol. The van der Waals surface area contributed by atoms with Crippen molar-refractivity contribution in [3.8, 4) is 0 Å². The van der Waals surface area contributed by atoms with Gasteiger partial charge in [0.15, 0.2) is 0 Å². The molecule has 2 N–H and O–H groups in total. The minimum absolute atomic E-state index is 0.199. The summed E-state index contributed by atoms with van der Waals surface area (Å²) in [4.78, 5) is 12.1. The van der Waals surface area contributed by atoms with Crippen LogP contribution >= 0.6 is 0 Å². The van der Waals surface area contributed by atoms with E-state index in [0.29, 0.717) is 18.0 Å². The number of rotatable bonds is 4. The van der Waals surface area contributed by atoms with E-state index in [9.17, 15) is 13.2 Å². The van der Waals surface area contributed by atoms with Crippen LogP contribution in [0.4, 0.5) is 5.69 Å². The van der Waals surface area contributed by atoms with Gasteiger partial charge in [0.1, 0.15) is 6.04 Å². The highest BCUT2D eigenvalue weighted by Crippen LogP contribution is 2.37. The van der Waals surface area contributed by atoms with Gasteiger partial charge in [-0.2, -0.15) is 0 Å². The number of carbonyl (C=O) groups is 1. The third kappa shape index (κ3) is 3.23. The predicted octanol–water partition coefficient (Wildman–Crippen LogP) is 3.34. The molecule has 1 atom stereocenters. The monoisotopic (exact) mass is 384 g/mol. The van der Waals surface area contributed by atoms with Crippen LogP contribution in [0.1, 0.15) is 49.1 Å². The van der Waals surface area contributed by atoms with E-state index < -0.39 is 22.0 Å². The van der Waals surface area contributed by atoms with Crippen molar-refractivity contribution in [3.05, 3.63) is 59.7 Å². The number of anilines is 1. The Morgan fingerprint density at radius 1 is 0.963 bits per heavy atom. The predicted molar refractivity (Wildman–Crippen MR) is 105 cm³/mol. The van der Waals surface area contributed by atoms with E-state index in [1.807, 2.05) is 24.3 Å². The minimum Gasteiger partial charge on any atom is -0.368 e. The Bertz CT molecular complexity index is 948. The molecule has 1 heterocycles. The summed E-state index contributed by atoms with van der Waals surface area (Å²) in [7, 11) is -3.86. The van der Waals surface area contributed by atoms with Crippen LogP contribution in [0.15, 0.2) is 53.4 Å². The number of fused-ring (bicyclic) bond motifs is 1. The number of amides is 1. The Morgan fingerprint density at radius 2 is 1.63 bits per heavy atom. The van der Waals surface area contributed by atoms with Crippen molar-refractivity contribution in [2.24, 2.45) is 5.73 Å². The molecule has 1 fully saturated rings. The molecule has 1 aliphatic carbocycles. The highest BCUT2D eigenvalue weighted by molar-refractivity contribution is 7.93. The molecule has 27 heavy (non-hydrogen) atoms. The fraction of sp³-hybridized carbons (Fsp3) is 0.381. The van der Waals surface area contributed by atoms with Crippen molar-refractivity contribution < 1.29 is 13.2 Å². The Morgan fingerprint density at radius 3 is 2.30 bits per heavy atom. The van der Waals surface area contributed by atoms with Crippen LogP contribution in [0.5, 0.6) is 0 Å². The zero-order chi connectivity index (χ0) is 19.0. The summed E-state index contributed by atoms with van der Waals surface area (Å²) in [6.45, 7) is 0. The molecule has 1 aliphatic heterocycles. The number of carbonyl (C=O) groups excluding carboxylic acids is 1. The lowest BCUT2D eigenvalue weighted by Crippen LogP contribution is -2.45. The Kier molecular flexibility index (Phi) is 4.68. The van der Waals surface area contributed by atoms with Crippen LogP contribution < -0.4 is 10.0 Å². The molecule has 1 amide bonds. The average molecular weight is 385 g/mol. The van der Waals surface area contributed by atoms with Gasteiger partial charge in [0.05, 0.1) is 10.6 Å². The first-order valence-electron chi connectivity index (χ1n) is 9.50. The Balaban J connectivity index is 1.68. The van der Waals surface area contributed by atoms with E-state index in [0.717, 1.165) is 18.4 Å². The lowest BCUT2D eigenvalue weighted by molar-refractivity contribution is -0.118. The molecule has 0 spiro atoms. The lowest BCUT2D eigenvalue weighted by atomic mass is 9.84. The van der Waals surface area contributed by atoms with E-state index in [1.54, 1.807) is 24.3 Å². The summed E-state index contributed by atoms with van der Waals surface area (Å²) >= 11 is 0. The Hall–Kier alpha value is -2.34. The SMILES string of the molecule is NC(=O)[C@@H]1Cc2ccccc2N1S(=O)(=O)c1ccc(C2CCCCC2)cc1. The van der Waals surface area contributed by atoms with Crippen LogP contribution in [-0.2, 0) is 21.2 Å². The largest absolute Gasteiger partial charge is 0.368 e. The first-order chi connectivity index (χ1) is 13.0. The molecule has 0 saturated heterocycles. The standard InChI is InChI=1S/C21H24N2O3S/c22-21(24)20-14-17-8-4-5-9-19(17)23(20)27(25,26)18-12-10-16(11-13-18)15-6-2-1-3-7-15/h4-5,8-13,15,20H,1-3,6-7,14H2,(H2,22,24)/t20-/m0/s1. The maximum atomic E-state index is 13.3. The average Bonchev–Trinajstić information content (AvgIpc) is 3.09. The number of nitrogens with zero attached hydrogens (tertiary/aromatic N) is 1. The molecule has 142 valence electrons. The Labute approximate surface area is 160 Å². The normalized spacial score (nSPS) is 20.4. The number of benzene rings is 2. The zero-order valence-corrected chi connectivity index (χ0v) is 16.0. The van der Waals surface area contributed by atoms with E-state index in [2.05, 4.69) is 0 Å². The molecule has 2 aromatic carbocycles. The third-order valence-electron chi connectivity index (χ3n) is 5.77. The second-order valence-electron chi connectivity index (χ2n) is 7.46. The maximum absolute atomic E-state index is 13.3. The molecule has 4 rings (SSSR count). The van der Waals surface area contributed by atoms with Crippen molar-refractivity contribution >= 4 is 21.6 Å². The number of primary amides is 1. The van der Waals surface area contributed by atoms with Crippen molar-refractivity contribution in [2.45, 2.75) is 55.4 Å². The topological polar surface area (TPSA) is 80.5 Å². The highest BCUT2D eigenvalue weighted by atomic mass is 32.2. The second kappa shape index (κ2) is 7.00. The summed E-state index contributed by atoms with van der Waals surface area (Å²) < 4.78 is 27.8.